The third-order valence-electron chi connectivity index (χ3n) is 5.46. The van der Waals surface area contributed by atoms with Gasteiger partial charge in [0.25, 0.3) is 0 Å². The molecule has 2 fully saturated rings. The monoisotopic (exact) mass is 342 g/mol. The maximum atomic E-state index is 12.8. The van der Waals surface area contributed by atoms with Crippen LogP contribution in [0.2, 0.25) is 0 Å². The standard InChI is InChI=1S/C20H26N2O3/c1-2-16(15-7-4-3-5-8-15)17-9-6-13-21(17)20(25)12-14-22-18(23)10-11-19(22)24/h3-5,7-8,16-17H,2,6,9-14H2,1H3/t16-,17-/m0/s1. The van der Waals surface area contributed by atoms with Crippen LogP contribution in [0, 0.1) is 0 Å². The maximum Gasteiger partial charge on any atom is 0.229 e. The molecule has 2 atom stereocenters. The second-order valence-corrected chi connectivity index (χ2v) is 6.91. The highest BCUT2D eigenvalue weighted by atomic mass is 16.2. The molecule has 0 unspecified atom stereocenters. The van der Waals surface area contributed by atoms with Crippen LogP contribution in [0.1, 0.15) is 56.9 Å². The predicted molar refractivity (Wildman–Crippen MR) is 94.8 cm³/mol. The highest BCUT2D eigenvalue weighted by Crippen LogP contribution is 2.34. The summed E-state index contributed by atoms with van der Waals surface area (Å²) in [5.41, 5.74) is 1.28. The predicted octanol–water partition coefficient (Wildman–Crippen LogP) is 2.71. The molecule has 2 aliphatic rings. The van der Waals surface area contributed by atoms with Crippen molar-refractivity contribution in [3.05, 3.63) is 35.9 Å². The summed E-state index contributed by atoms with van der Waals surface area (Å²) in [4.78, 5) is 39.4. The van der Waals surface area contributed by atoms with Gasteiger partial charge in [-0.05, 0) is 24.8 Å². The van der Waals surface area contributed by atoms with E-state index in [-0.39, 0.29) is 49.6 Å². The van der Waals surface area contributed by atoms with Crippen molar-refractivity contribution in [1.82, 2.24) is 9.80 Å². The number of rotatable bonds is 6. The van der Waals surface area contributed by atoms with Crippen LogP contribution in [0.4, 0.5) is 0 Å². The van der Waals surface area contributed by atoms with Crippen molar-refractivity contribution in [2.75, 3.05) is 13.1 Å². The molecule has 1 aromatic rings. The lowest BCUT2D eigenvalue weighted by molar-refractivity contribution is -0.139. The molecule has 5 nitrogen and oxygen atoms in total. The first-order valence-corrected chi connectivity index (χ1v) is 9.29. The van der Waals surface area contributed by atoms with Gasteiger partial charge in [0, 0.05) is 44.3 Å². The van der Waals surface area contributed by atoms with Gasteiger partial charge in [-0.15, -0.1) is 0 Å². The van der Waals surface area contributed by atoms with Crippen LogP contribution in [0.15, 0.2) is 30.3 Å². The first-order valence-electron chi connectivity index (χ1n) is 9.29. The summed E-state index contributed by atoms with van der Waals surface area (Å²) in [5, 5.41) is 0. The van der Waals surface area contributed by atoms with E-state index >= 15 is 0 Å². The molecule has 0 aliphatic carbocycles. The van der Waals surface area contributed by atoms with Crippen LogP contribution < -0.4 is 0 Å². The molecule has 3 rings (SSSR count). The summed E-state index contributed by atoms with van der Waals surface area (Å²) >= 11 is 0. The third-order valence-corrected chi connectivity index (χ3v) is 5.46. The fourth-order valence-corrected chi connectivity index (χ4v) is 4.17. The Bertz CT molecular complexity index is 628. The fraction of sp³-hybridized carbons (Fsp3) is 0.550. The van der Waals surface area contributed by atoms with Gasteiger partial charge in [0.1, 0.15) is 0 Å². The molecule has 0 aromatic heterocycles. The van der Waals surface area contributed by atoms with Crippen molar-refractivity contribution in [1.29, 1.82) is 0 Å². The van der Waals surface area contributed by atoms with E-state index in [1.165, 1.54) is 10.5 Å². The summed E-state index contributed by atoms with van der Waals surface area (Å²) in [5.74, 6) is 0.102. The van der Waals surface area contributed by atoms with E-state index in [0.717, 1.165) is 25.8 Å². The SMILES string of the molecule is CC[C@@H](c1ccccc1)[C@@H]1CCCN1C(=O)CCN1C(=O)CCC1=O. The van der Waals surface area contributed by atoms with Crippen molar-refractivity contribution < 1.29 is 14.4 Å². The van der Waals surface area contributed by atoms with E-state index in [2.05, 4.69) is 19.1 Å². The summed E-state index contributed by atoms with van der Waals surface area (Å²) in [6.45, 7) is 3.16. The van der Waals surface area contributed by atoms with E-state index in [9.17, 15) is 14.4 Å². The smallest absolute Gasteiger partial charge is 0.229 e. The number of amides is 3. The minimum absolute atomic E-state index is 0.0596. The minimum Gasteiger partial charge on any atom is -0.339 e. The number of carbonyl (C=O) groups is 3. The average Bonchev–Trinajstić information content (AvgIpc) is 3.22. The van der Waals surface area contributed by atoms with Crippen LogP contribution in [-0.4, -0.2) is 46.7 Å². The van der Waals surface area contributed by atoms with Gasteiger partial charge in [-0.3, -0.25) is 19.3 Å². The van der Waals surface area contributed by atoms with Gasteiger partial charge in [0.2, 0.25) is 17.7 Å². The van der Waals surface area contributed by atoms with Crippen molar-refractivity contribution in [3.8, 4) is 0 Å². The summed E-state index contributed by atoms with van der Waals surface area (Å²) in [6.07, 6.45) is 3.82. The van der Waals surface area contributed by atoms with Gasteiger partial charge in [0.15, 0.2) is 0 Å². The Morgan fingerprint density at radius 2 is 1.84 bits per heavy atom. The molecule has 0 bridgehead atoms. The number of hydrogen-bond acceptors (Lipinski definition) is 3. The molecule has 2 heterocycles. The van der Waals surface area contributed by atoms with E-state index < -0.39 is 0 Å². The largest absolute Gasteiger partial charge is 0.339 e. The second-order valence-electron chi connectivity index (χ2n) is 6.91. The fourth-order valence-electron chi connectivity index (χ4n) is 4.17. The zero-order valence-corrected chi connectivity index (χ0v) is 14.8. The van der Waals surface area contributed by atoms with Gasteiger partial charge in [-0.25, -0.2) is 0 Å². The molecule has 1 aromatic carbocycles. The first kappa shape index (κ1) is 17.6. The van der Waals surface area contributed by atoms with E-state index in [1.807, 2.05) is 23.1 Å². The number of imide groups is 1. The number of likely N-dealkylation sites (tertiary alicyclic amines) is 2. The van der Waals surface area contributed by atoms with Gasteiger partial charge >= 0.3 is 0 Å². The second kappa shape index (κ2) is 7.81. The van der Waals surface area contributed by atoms with Crippen LogP contribution in [-0.2, 0) is 14.4 Å². The number of benzene rings is 1. The Kier molecular flexibility index (Phi) is 5.51. The van der Waals surface area contributed by atoms with Gasteiger partial charge < -0.3 is 4.90 Å². The molecule has 5 heteroatoms. The highest BCUT2D eigenvalue weighted by molar-refractivity contribution is 6.02. The molecule has 2 saturated heterocycles. The van der Waals surface area contributed by atoms with E-state index in [1.54, 1.807) is 0 Å². The van der Waals surface area contributed by atoms with Crippen molar-refractivity contribution >= 4 is 17.7 Å². The lowest BCUT2D eigenvalue weighted by Gasteiger charge is -2.32. The minimum atomic E-state index is -0.147. The maximum absolute atomic E-state index is 12.8. The molecule has 0 N–H and O–H groups in total. The summed E-state index contributed by atoms with van der Waals surface area (Å²) in [6, 6.07) is 10.6. The van der Waals surface area contributed by atoms with Crippen LogP contribution >= 0.6 is 0 Å². The molecule has 2 aliphatic heterocycles. The lowest BCUT2D eigenvalue weighted by atomic mass is 9.87. The van der Waals surface area contributed by atoms with Crippen molar-refractivity contribution in [2.45, 2.75) is 57.4 Å². The Morgan fingerprint density at radius 1 is 1.16 bits per heavy atom. The zero-order valence-electron chi connectivity index (χ0n) is 14.8. The Hall–Kier alpha value is -2.17. The van der Waals surface area contributed by atoms with E-state index in [4.69, 9.17) is 0 Å². The Balaban J connectivity index is 1.65. The summed E-state index contributed by atoms with van der Waals surface area (Å²) in [7, 11) is 0. The van der Waals surface area contributed by atoms with Crippen LogP contribution in [0.5, 0.6) is 0 Å². The molecule has 134 valence electrons. The van der Waals surface area contributed by atoms with Gasteiger partial charge in [-0.2, -0.15) is 0 Å². The van der Waals surface area contributed by atoms with Gasteiger partial charge in [0.05, 0.1) is 0 Å². The normalized spacial score (nSPS) is 21.9. The lowest BCUT2D eigenvalue weighted by Crippen LogP contribution is -2.41. The van der Waals surface area contributed by atoms with Crippen molar-refractivity contribution in [2.24, 2.45) is 0 Å². The zero-order chi connectivity index (χ0) is 17.8. The molecule has 0 spiro atoms. The van der Waals surface area contributed by atoms with Crippen LogP contribution in [0.25, 0.3) is 0 Å². The quantitative estimate of drug-likeness (QED) is 0.747. The number of hydrogen-bond donors (Lipinski definition) is 0. The number of nitrogens with zero attached hydrogens (tertiary/aromatic N) is 2. The Labute approximate surface area is 149 Å². The highest BCUT2D eigenvalue weighted by Gasteiger charge is 2.35. The molecule has 3 amide bonds. The molecule has 25 heavy (non-hydrogen) atoms. The Morgan fingerprint density at radius 3 is 2.48 bits per heavy atom. The summed E-state index contributed by atoms with van der Waals surface area (Å²) < 4.78 is 0. The van der Waals surface area contributed by atoms with E-state index in [0.29, 0.717) is 5.92 Å². The first-order chi connectivity index (χ1) is 12.1. The number of carbonyl (C=O) groups excluding carboxylic acids is 3. The van der Waals surface area contributed by atoms with Crippen molar-refractivity contribution in [3.63, 3.8) is 0 Å². The topological polar surface area (TPSA) is 57.7 Å². The molecule has 0 saturated carbocycles. The average molecular weight is 342 g/mol. The van der Waals surface area contributed by atoms with Crippen LogP contribution in [0.3, 0.4) is 0 Å². The molecular weight excluding hydrogens is 316 g/mol. The van der Waals surface area contributed by atoms with Gasteiger partial charge in [-0.1, -0.05) is 37.3 Å². The third kappa shape index (κ3) is 3.75. The molecular formula is C20H26N2O3. The molecule has 0 radical (unpaired) electrons.